The second-order valence-corrected chi connectivity index (χ2v) is 3.22. The first kappa shape index (κ1) is 8.96. The Morgan fingerprint density at radius 3 is 3.07 bits per heavy atom. The minimum atomic E-state index is 0.645. The van der Waals surface area contributed by atoms with E-state index in [1.165, 1.54) is 0 Å². The van der Waals surface area contributed by atoms with Crippen LogP contribution in [0.4, 0.5) is 5.69 Å². The molecular formula is C9H13N5. The lowest BCUT2D eigenvalue weighted by Gasteiger charge is -1.91. The van der Waals surface area contributed by atoms with Crippen LogP contribution in [0.5, 0.6) is 0 Å². The Balaban J connectivity index is 2.32. The van der Waals surface area contributed by atoms with E-state index in [9.17, 15) is 0 Å². The van der Waals surface area contributed by atoms with Crippen LogP contribution in [0.15, 0.2) is 12.3 Å². The molecule has 2 rings (SSSR count). The van der Waals surface area contributed by atoms with Gasteiger partial charge in [0.2, 0.25) is 0 Å². The minimum absolute atomic E-state index is 0.645. The van der Waals surface area contributed by atoms with E-state index < -0.39 is 0 Å². The molecule has 0 spiro atoms. The Kier molecular flexibility index (Phi) is 2.32. The van der Waals surface area contributed by atoms with E-state index in [-0.39, 0.29) is 0 Å². The summed E-state index contributed by atoms with van der Waals surface area (Å²) in [4.78, 5) is 11.6. The molecule has 2 aromatic rings. The van der Waals surface area contributed by atoms with Crippen LogP contribution >= 0.6 is 0 Å². The average molecular weight is 191 g/mol. The number of aromatic nitrogens is 3. The molecule has 0 aromatic carbocycles. The van der Waals surface area contributed by atoms with Crippen molar-refractivity contribution in [2.24, 2.45) is 5.73 Å². The summed E-state index contributed by atoms with van der Waals surface area (Å²) in [6.07, 6.45) is 3.39. The lowest BCUT2D eigenvalue weighted by Crippen LogP contribution is -2.01. The molecule has 0 aliphatic rings. The van der Waals surface area contributed by atoms with Crippen molar-refractivity contribution in [3.63, 3.8) is 0 Å². The van der Waals surface area contributed by atoms with Gasteiger partial charge in [0.05, 0.1) is 17.4 Å². The van der Waals surface area contributed by atoms with E-state index >= 15 is 0 Å². The van der Waals surface area contributed by atoms with Crippen molar-refractivity contribution >= 4 is 16.9 Å². The standard InChI is InChI=1S/C9H13N5/c10-3-1-2-8-13-7-4-6(11)5-12-9(7)14-8/h4-5H,1-3,10-11H2,(H,12,13,14). The van der Waals surface area contributed by atoms with E-state index in [2.05, 4.69) is 15.0 Å². The number of fused-ring (bicyclic) bond motifs is 1. The maximum absolute atomic E-state index is 5.60. The highest BCUT2D eigenvalue weighted by molar-refractivity contribution is 5.73. The number of nitrogens with one attached hydrogen (secondary N) is 1. The number of aryl methyl sites for hydroxylation is 1. The molecule has 0 aliphatic carbocycles. The summed E-state index contributed by atoms with van der Waals surface area (Å²) in [5.41, 5.74) is 13.3. The van der Waals surface area contributed by atoms with Gasteiger partial charge in [-0.1, -0.05) is 0 Å². The monoisotopic (exact) mass is 191 g/mol. The minimum Gasteiger partial charge on any atom is -0.397 e. The summed E-state index contributed by atoms with van der Waals surface area (Å²) in [7, 11) is 0. The molecule has 0 radical (unpaired) electrons. The van der Waals surface area contributed by atoms with E-state index in [1.807, 2.05) is 6.07 Å². The summed E-state index contributed by atoms with van der Waals surface area (Å²) in [5, 5.41) is 0. The van der Waals surface area contributed by atoms with Crippen molar-refractivity contribution in [2.45, 2.75) is 12.8 Å². The Hall–Kier alpha value is -1.62. The zero-order valence-corrected chi connectivity index (χ0v) is 7.83. The van der Waals surface area contributed by atoms with Crippen LogP contribution in [0, 0.1) is 0 Å². The van der Waals surface area contributed by atoms with Crippen LogP contribution in [-0.2, 0) is 6.42 Å². The molecule has 0 saturated carbocycles. The normalized spacial score (nSPS) is 10.9. The zero-order chi connectivity index (χ0) is 9.97. The summed E-state index contributed by atoms with van der Waals surface area (Å²) in [5.74, 6) is 0.920. The fraction of sp³-hybridized carbons (Fsp3) is 0.333. The van der Waals surface area contributed by atoms with E-state index in [1.54, 1.807) is 6.20 Å². The molecule has 74 valence electrons. The number of anilines is 1. The van der Waals surface area contributed by atoms with Crippen LogP contribution in [-0.4, -0.2) is 21.5 Å². The van der Waals surface area contributed by atoms with Crippen molar-refractivity contribution < 1.29 is 0 Å². The highest BCUT2D eigenvalue weighted by Gasteiger charge is 2.03. The van der Waals surface area contributed by atoms with Gasteiger partial charge in [0.15, 0.2) is 5.65 Å². The molecule has 5 heteroatoms. The molecule has 14 heavy (non-hydrogen) atoms. The molecule has 0 saturated heterocycles. The maximum Gasteiger partial charge on any atom is 0.177 e. The van der Waals surface area contributed by atoms with Gasteiger partial charge >= 0.3 is 0 Å². The van der Waals surface area contributed by atoms with Crippen molar-refractivity contribution in [2.75, 3.05) is 12.3 Å². The van der Waals surface area contributed by atoms with Crippen molar-refractivity contribution in [1.29, 1.82) is 0 Å². The Labute approximate surface area is 81.5 Å². The second-order valence-electron chi connectivity index (χ2n) is 3.22. The number of nitrogen functional groups attached to an aromatic ring is 1. The summed E-state index contributed by atoms with van der Waals surface area (Å²) in [6.45, 7) is 0.673. The lowest BCUT2D eigenvalue weighted by atomic mass is 10.3. The smallest absolute Gasteiger partial charge is 0.177 e. The first-order valence-electron chi connectivity index (χ1n) is 4.60. The number of rotatable bonds is 3. The van der Waals surface area contributed by atoms with E-state index in [0.29, 0.717) is 17.9 Å². The summed E-state index contributed by atoms with van der Waals surface area (Å²) >= 11 is 0. The van der Waals surface area contributed by atoms with Crippen molar-refractivity contribution in [3.05, 3.63) is 18.1 Å². The molecule has 0 atom stereocenters. The fourth-order valence-electron chi connectivity index (χ4n) is 1.35. The Morgan fingerprint density at radius 1 is 1.43 bits per heavy atom. The van der Waals surface area contributed by atoms with Gasteiger partial charge in [0, 0.05) is 6.42 Å². The molecular weight excluding hydrogens is 178 g/mol. The molecule has 0 bridgehead atoms. The van der Waals surface area contributed by atoms with Gasteiger partial charge in [-0.05, 0) is 19.0 Å². The number of H-pyrrole nitrogens is 1. The first-order valence-corrected chi connectivity index (χ1v) is 4.60. The Morgan fingerprint density at radius 2 is 2.29 bits per heavy atom. The van der Waals surface area contributed by atoms with E-state index in [4.69, 9.17) is 11.5 Å². The molecule has 0 amide bonds. The van der Waals surface area contributed by atoms with Crippen molar-refractivity contribution in [3.8, 4) is 0 Å². The van der Waals surface area contributed by atoms with Crippen LogP contribution < -0.4 is 11.5 Å². The third-order valence-corrected chi connectivity index (χ3v) is 2.03. The highest BCUT2D eigenvalue weighted by Crippen LogP contribution is 2.12. The predicted octanol–water partition coefficient (Wildman–Crippen LogP) is 0.431. The van der Waals surface area contributed by atoms with Gasteiger partial charge < -0.3 is 16.5 Å². The molecule has 2 aromatic heterocycles. The number of pyridine rings is 1. The fourth-order valence-corrected chi connectivity index (χ4v) is 1.35. The van der Waals surface area contributed by atoms with Gasteiger partial charge in [-0.2, -0.15) is 0 Å². The van der Waals surface area contributed by atoms with Crippen LogP contribution in [0.1, 0.15) is 12.2 Å². The lowest BCUT2D eigenvalue weighted by molar-refractivity contribution is 0.796. The van der Waals surface area contributed by atoms with Gasteiger partial charge in [-0.15, -0.1) is 0 Å². The molecule has 5 N–H and O–H groups in total. The summed E-state index contributed by atoms with van der Waals surface area (Å²) < 4.78 is 0. The topological polar surface area (TPSA) is 93.6 Å². The van der Waals surface area contributed by atoms with Crippen LogP contribution in [0.2, 0.25) is 0 Å². The SMILES string of the molecule is NCCCc1nc2ncc(N)cc2[nH]1. The molecule has 2 heterocycles. The number of aromatic amines is 1. The largest absolute Gasteiger partial charge is 0.397 e. The average Bonchev–Trinajstić information content (AvgIpc) is 2.56. The predicted molar refractivity (Wildman–Crippen MR) is 55.7 cm³/mol. The van der Waals surface area contributed by atoms with Crippen LogP contribution in [0.3, 0.4) is 0 Å². The van der Waals surface area contributed by atoms with Crippen LogP contribution in [0.25, 0.3) is 11.2 Å². The number of nitrogens with zero attached hydrogens (tertiary/aromatic N) is 2. The number of hydrogen-bond acceptors (Lipinski definition) is 4. The van der Waals surface area contributed by atoms with Gasteiger partial charge in [0.1, 0.15) is 5.82 Å². The highest BCUT2D eigenvalue weighted by atomic mass is 15.0. The molecule has 0 aliphatic heterocycles. The maximum atomic E-state index is 5.60. The third kappa shape index (κ3) is 1.67. The first-order chi connectivity index (χ1) is 6.79. The molecule has 0 unspecified atom stereocenters. The van der Waals surface area contributed by atoms with E-state index in [0.717, 1.165) is 24.2 Å². The van der Waals surface area contributed by atoms with Gasteiger partial charge in [0.25, 0.3) is 0 Å². The van der Waals surface area contributed by atoms with Crippen molar-refractivity contribution in [1.82, 2.24) is 15.0 Å². The zero-order valence-electron chi connectivity index (χ0n) is 7.83. The summed E-state index contributed by atoms with van der Waals surface area (Å²) in [6, 6.07) is 1.83. The Bertz CT molecular complexity index is 434. The quantitative estimate of drug-likeness (QED) is 0.655. The van der Waals surface area contributed by atoms with Gasteiger partial charge in [-0.3, -0.25) is 0 Å². The number of hydrogen-bond donors (Lipinski definition) is 3. The number of imidazole rings is 1. The van der Waals surface area contributed by atoms with Gasteiger partial charge in [-0.25, -0.2) is 9.97 Å². The third-order valence-electron chi connectivity index (χ3n) is 2.03. The number of nitrogens with two attached hydrogens (primary N) is 2. The molecule has 5 nitrogen and oxygen atoms in total. The molecule has 0 fully saturated rings. The second kappa shape index (κ2) is 3.63.